The lowest BCUT2D eigenvalue weighted by molar-refractivity contribution is 0.226. The highest BCUT2D eigenvalue weighted by molar-refractivity contribution is 7.98. The zero-order valence-electron chi connectivity index (χ0n) is 17.8. The van der Waals surface area contributed by atoms with Crippen molar-refractivity contribution in [1.29, 1.82) is 0 Å². The SMILES string of the molecule is CCc1nc(C)cn1CCCN(S)C(=O)NCCSCc1ccc(CN(C)C)o1. The van der Waals surface area contributed by atoms with Crippen molar-refractivity contribution in [1.82, 2.24) is 24.1 Å². The molecule has 0 saturated heterocycles. The lowest BCUT2D eigenvalue weighted by Gasteiger charge is -2.17. The van der Waals surface area contributed by atoms with Gasteiger partial charge in [0.2, 0.25) is 0 Å². The van der Waals surface area contributed by atoms with Gasteiger partial charge in [-0.15, -0.1) is 0 Å². The number of carbonyl (C=O) groups is 1. The Bertz CT molecular complexity index is 760. The third-order valence-corrected chi connectivity index (χ3v) is 5.62. The van der Waals surface area contributed by atoms with Crippen LogP contribution >= 0.6 is 24.6 Å². The van der Waals surface area contributed by atoms with E-state index in [1.807, 2.05) is 33.2 Å². The van der Waals surface area contributed by atoms with E-state index in [1.54, 1.807) is 11.8 Å². The summed E-state index contributed by atoms with van der Waals surface area (Å²) in [4.78, 5) is 18.7. The fraction of sp³-hybridized carbons (Fsp3) is 0.600. The van der Waals surface area contributed by atoms with Crippen molar-refractivity contribution in [2.24, 2.45) is 0 Å². The second-order valence-electron chi connectivity index (χ2n) is 7.21. The first kappa shape index (κ1) is 23.7. The number of hydrogen-bond donors (Lipinski definition) is 2. The molecule has 0 bridgehead atoms. The highest BCUT2D eigenvalue weighted by Gasteiger charge is 2.10. The van der Waals surface area contributed by atoms with Crippen LogP contribution in [0.1, 0.15) is 36.4 Å². The van der Waals surface area contributed by atoms with Crippen molar-refractivity contribution in [2.75, 3.05) is 32.9 Å². The Morgan fingerprint density at radius 2 is 2.10 bits per heavy atom. The molecule has 0 fully saturated rings. The van der Waals surface area contributed by atoms with Gasteiger partial charge >= 0.3 is 6.03 Å². The third-order valence-electron chi connectivity index (χ3n) is 4.26. The number of aromatic nitrogens is 2. The average molecular weight is 440 g/mol. The molecule has 0 aliphatic heterocycles. The molecular weight excluding hydrogens is 406 g/mol. The molecule has 2 amide bonds. The summed E-state index contributed by atoms with van der Waals surface area (Å²) in [7, 11) is 4.04. The van der Waals surface area contributed by atoms with Gasteiger partial charge in [-0.3, -0.25) is 4.31 Å². The van der Waals surface area contributed by atoms with Crippen molar-refractivity contribution >= 4 is 30.6 Å². The Kier molecular flexibility index (Phi) is 9.96. The van der Waals surface area contributed by atoms with Crippen LogP contribution in [0.25, 0.3) is 0 Å². The Hall–Kier alpha value is -1.58. The molecule has 2 rings (SSSR count). The molecule has 7 nitrogen and oxygen atoms in total. The molecule has 0 radical (unpaired) electrons. The number of furan rings is 1. The van der Waals surface area contributed by atoms with Gasteiger partial charge in [-0.25, -0.2) is 9.78 Å². The zero-order chi connectivity index (χ0) is 21.2. The number of nitrogens with zero attached hydrogens (tertiary/aromatic N) is 4. The van der Waals surface area contributed by atoms with Crippen LogP contribution in [0.5, 0.6) is 0 Å². The maximum absolute atomic E-state index is 12.1. The summed E-state index contributed by atoms with van der Waals surface area (Å²) in [6.07, 6.45) is 3.80. The molecule has 9 heteroatoms. The largest absolute Gasteiger partial charge is 0.464 e. The van der Waals surface area contributed by atoms with Gasteiger partial charge in [-0.1, -0.05) is 19.7 Å². The number of hydrogen-bond acceptors (Lipinski definition) is 6. The summed E-state index contributed by atoms with van der Waals surface area (Å²) in [5.74, 6) is 4.65. The van der Waals surface area contributed by atoms with Gasteiger partial charge in [0.1, 0.15) is 17.3 Å². The molecule has 0 atom stereocenters. The molecule has 1 N–H and O–H groups in total. The van der Waals surface area contributed by atoms with E-state index in [0.29, 0.717) is 13.1 Å². The third kappa shape index (κ3) is 8.36. The summed E-state index contributed by atoms with van der Waals surface area (Å²) in [6.45, 7) is 6.93. The van der Waals surface area contributed by atoms with E-state index in [2.05, 4.69) is 45.7 Å². The fourth-order valence-electron chi connectivity index (χ4n) is 2.96. The number of nitrogens with one attached hydrogen (secondary N) is 1. The number of imidazole rings is 1. The van der Waals surface area contributed by atoms with E-state index in [1.165, 1.54) is 4.31 Å². The van der Waals surface area contributed by atoms with Crippen LogP contribution in [0.15, 0.2) is 22.7 Å². The smallest absolute Gasteiger partial charge is 0.327 e. The lowest BCUT2D eigenvalue weighted by atomic mass is 10.4. The number of amides is 2. The minimum atomic E-state index is -0.155. The number of thiol groups is 1. The summed E-state index contributed by atoms with van der Waals surface area (Å²) in [5, 5.41) is 2.91. The van der Waals surface area contributed by atoms with Gasteiger partial charge in [0, 0.05) is 38.0 Å². The van der Waals surface area contributed by atoms with Crippen molar-refractivity contribution < 1.29 is 9.21 Å². The normalized spacial score (nSPS) is 11.2. The molecule has 2 aromatic heterocycles. The summed E-state index contributed by atoms with van der Waals surface area (Å²) in [5.41, 5.74) is 1.03. The molecule has 2 aromatic rings. The maximum Gasteiger partial charge on any atom is 0.327 e. The van der Waals surface area contributed by atoms with E-state index in [0.717, 1.165) is 60.5 Å². The molecule has 0 spiro atoms. The van der Waals surface area contributed by atoms with Gasteiger partial charge in [0.05, 0.1) is 18.0 Å². The Morgan fingerprint density at radius 1 is 1.34 bits per heavy atom. The second-order valence-corrected chi connectivity index (χ2v) is 8.80. The summed E-state index contributed by atoms with van der Waals surface area (Å²) >= 11 is 6.05. The molecular formula is C20H33N5O2S2. The van der Waals surface area contributed by atoms with Crippen molar-refractivity contribution in [3.05, 3.63) is 41.4 Å². The predicted molar refractivity (Wildman–Crippen MR) is 122 cm³/mol. The highest BCUT2D eigenvalue weighted by Crippen LogP contribution is 2.16. The van der Waals surface area contributed by atoms with E-state index < -0.39 is 0 Å². The van der Waals surface area contributed by atoms with Crippen LogP contribution in [0.3, 0.4) is 0 Å². The van der Waals surface area contributed by atoms with Crippen molar-refractivity contribution in [2.45, 2.75) is 45.5 Å². The van der Waals surface area contributed by atoms with Crippen LogP contribution in [0, 0.1) is 6.92 Å². The molecule has 162 valence electrons. The predicted octanol–water partition coefficient (Wildman–Crippen LogP) is 3.59. The average Bonchev–Trinajstić information content (AvgIpc) is 3.26. The fourth-order valence-corrected chi connectivity index (χ4v) is 3.91. The van der Waals surface area contributed by atoms with Crippen LogP contribution in [0.4, 0.5) is 4.79 Å². The topological polar surface area (TPSA) is 66.5 Å². The Morgan fingerprint density at radius 3 is 2.83 bits per heavy atom. The molecule has 0 aliphatic rings. The van der Waals surface area contributed by atoms with Crippen LogP contribution in [-0.2, 0) is 25.3 Å². The first-order valence-corrected chi connectivity index (χ1v) is 11.5. The maximum atomic E-state index is 12.1. The monoisotopic (exact) mass is 439 g/mol. The molecule has 29 heavy (non-hydrogen) atoms. The van der Waals surface area contributed by atoms with Gasteiger partial charge in [0.25, 0.3) is 0 Å². The van der Waals surface area contributed by atoms with E-state index >= 15 is 0 Å². The summed E-state index contributed by atoms with van der Waals surface area (Å²) in [6, 6.07) is 3.88. The minimum Gasteiger partial charge on any atom is -0.464 e. The quantitative estimate of drug-likeness (QED) is 0.391. The number of thioether (sulfide) groups is 1. The van der Waals surface area contributed by atoms with E-state index in [4.69, 9.17) is 4.42 Å². The molecule has 0 aromatic carbocycles. The number of carbonyl (C=O) groups excluding carboxylic acids is 1. The van der Waals surface area contributed by atoms with Crippen LogP contribution in [0.2, 0.25) is 0 Å². The Labute approximate surface area is 183 Å². The molecule has 2 heterocycles. The minimum absolute atomic E-state index is 0.155. The van der Waals surface area contributed by atoms with Crippen LogP contribution < -0.4 is 5.32 Å². The number of aryl methyl sites for hydroxylation is 3. The number of urea groups is 1. The molecule has 0 saturated carbocycles. The highest BCUT2D eigenvalue weighted by atomic mass is 32.2. The van der Waals surface area contributed by atoms with Gasteiger partial charge in [0.15, 0.2) is 0 Å². The van der Waals surface area contributed by atoms with E-state index in [-0.39, 0.29) is 6.03 Å². The molecule has 0 unspecified atom stereocenters. The van der Waals surface area contributed by atoms with Gasteiger partial charge in [-0.05, 0) is 39.6 Å². The first-order chi connectivity index (χ1) is 13.9. The number of rotatable bonds is 12. The van der Waals surface area contributed by atoms with Gasteiger partial charge < -0.3 is 19.2 Å². The second kappa shape index (κ2) is 12.2. The van der Waals surface area contributed by atoms with Crippen molar-refractivity contribution in [3.63, 3.8) is 0 Å². The van der Waals surface area contributed by atoms with Crippen LogP contribution in [-0.4, -0.2) is 57.7 Å². The lowest BCUT2D eigenvalue weighted by Crippen LogP contribution is -2.36. The Balaban J connectivity index is 1.58. The first-order valence-electron chi connectivity index (χ1n) is 9.96. The standard InChI is InChI=1S/C20H33N5O2S2/c1-5-19-22-16(2)13-24(19)10-6-11-25(28)20(26)21-9-12-29-15-18-8-7-17(27-18)14-23(3)4/h7-8,13,28H,5-6,9-12,14-15H2,1-4H3,(H,21,26). The zero-order valence-corrected chi connectivity index (χ0v) is 19.6. The van der Waals surface area contributed by atoms with Crippen molar-refractivity contribution in [3.8, 4) is 0 Å². The summed E-state index contributed by atoms with van der Waals surface area (Å²) < 4.78 is 9.38. The van der Waals surface area contributed by atoms with E-state index in [9.17, 15) is 4.79 Å². The van der Waals surface area contributed by atoms with Gasteiger partial charge in [-0.2, -0.15) is 11.8 Å². The molecule has 0 aliphatic carbocycles.